The molecule has 1 aliphatic rings. The zero-order valence-corrected chi connectivity index (χ0v) is 13.8. The summed E-state index contributed by atoms with van der Waals surface area (Å²) in [6, 6.07) is 10.6. The van der Waals surface area contributed by atoms with Crippen molar-refractivity contribution in [3.05, 3.63) is 35.9 Å². The van der Waals surface area contributed by atoms with Gasteiger partial charge in [0.1, 0.15) is 0 Å². The van der Waals surface area contributed by atoms with E-state index in [0.29, 0.717) is 5.92 Å². The third-order valence-electron chi connectivity index (χ3n) is 3.70. The second kappa shape index (κ2) is 10.9. The molecular weight excluding hydrogens is 309 g/mol. The molecule has 1 saturated heterocycles. The number of hydrogen-bond acceptors (Lipinski definition) is 3. The Morgan fingerprint density at radius 2 is 2.00 bits per heavy atom. The van der Waals surface area contributed by atoms with E-state index in [-0.39, 0.29) is 37.3 Å². The number of nitrogens with two attached hydrogens (primary N) is 1. The van der Waals surface area contributed by atoms with E-state index >= 15 is 0 Å². The van der Waals surface area contributed by atoms with Crippen LogP contribution >= 0.6 is 24.8 Å². The molecule has 0 aliphatic carbocycles. The SMILES string of the molecule is Cl.Cl.NCC(=O)NCC1CCN(CCc2ccccc2)C1. The van der Waals surface area contributed by atoms with E-state index in [1.807, 2.05) is 0 Å². The number of nitrogens with one attached hydrogen (secondary N) is 1. The Bertz CT molecular complexity index is 403. The molecule has 0 spiro atoms. The standard InChI is InChI=1S/C15H23N3O.2ClH/c16-10-15(19)17-11-14-7-9-18(12-14)8-6-13-4-2-1-3-5-13;;/h1-5,14H,6-12,16H2,(H,17,19);2*1H. The van der Waals surface area contributed by atoms with Gasteiger partial charge in [-0.15, -0.1) is 24.8 Å². The second-order valence-electron chi connectivity index (χ2n) is 5.20. The Kier molecular flexibility index (Phi) is 10.4. The lowest BCUT2D eigenvalue weighted by molar-refractivity contribution is -0.119. The van der Waals surface area contributed by atoms with Crippen LogP contribution in [0.3, 0.4) is 0 Å². The van der Waals surface area contributed by atoms with Crippen molar-refractivity contribution >= 4 is 30.7 Å². The Hall–Kier alpha value is -0.810. The van der Waals surface area contributed by atoms with Crippen LogP contribution in [0.15, 0.2) is 30.3 Å². The summed E-state index contributed by atoms with van der Waals surface area (Å²) in [6.07, 6.45) is 2.27. The molecule has 1 amide bonds. The summed E-state index contributed by atoms with van der Waals surface area (Å²) < 4.78 is 0. The highest BCUT2D eigenvalue weighted by Crippen LogP contribution is 2.15. The van der Waals surface area contributed by atoms with Crippen LogP contribution in [-0.4, -0.2) is 43.5 Å². The summed E-state index contributed by atoms with van der Waals surface area (Å²) in [5.74, 6) is 0.522. The first-order valence-electron chi connectivity index (χ1n) is 7.01. The maximum atomic E-state index is 11.1. The highest BCUT2D eigenvalue weighted by molar-refractivity contribution is 5.85. The molecule has 1 heterocycles. The van der Waals surface area contributed by atoms with Gasteiger partial charge in [-0.1, -0.05) is 30.3 Å². The van der Waals surface area contributed by atoms with E-state index < -0.39 is 0 Å². The third-order valence-corrected chi connectivity index (χ3v) is 3.70. The summed E-state index contributed by atoms with van der Waals surface area (Å²) in [5.41, 5.74) is 6.66. The first-order valence-corrected chi connectivity index (χ1v) is 7.01. The molecule has 2 rings (SSSR count). The molecule has 1 unspecified atom stereocenters. The molecule has 1 atom stereocenters. The fraction of sp³-hybridized carbons (Fsp3) is 0.533. The summed E-state index contributed by atoms with van der Waals surface area (Å²) in [7, 11) is 0. The number of rotatable bonds is 6. The molecule has 120 valence electrons. The fourth-order valence-electron chi connectivity index (χ4n) is 2.54. The van der Waals surface area contributed by atoms with E-state index in [1.165, 1.54) is 12.0 Å². The zero-order chi connectivity index (χ0) is 13.5. The predicted molar refractivity (Wildman–Crippen MR) is 91.3 cm³/mol. The van der Waals surface area contributed by atoms with Gasteiger partial charge in [0, 0.05) is 19.6 Å². The van der Waals surface area contributed by atoms with Crippen molar-refractivity contribution in [2.45, 2.75) is 12.8 Å². The minimum Gasteiger partial charge on any atom is -0.355 e. The predicted octanol–water partition coefficient (Wildman–Crippen LogP) is 1.47. The van der Waals surface area contributed by atoms with Crippen LogP contribution in [0.4, 0.5) is 0 Å². The molecule has 1 aromatic rings. The third kappa shape index (κ3) is 7.14. The minimum absolute atomic E-state index is 0. The Labute approximate surface area is 139 Å². The number of hydrogen-bond donors (Lipinski definition) is 2. The van der Waals surface area contributed by atoms with Gasteiger partial charge in [0.25, 0.3) is 0 Å². The molecule has 21 heavy (non-hydrogen) atoms. The smallest absolute Gasteiger partial charge is 0.233 e. The van der Waals surface area contributed by atoms with Crippen LogP contribution in [0.25, 0.3) is 0 Å². The molecule has 0 aromatic heterocycles. The van der Waals surface area contributed by atoms with Gasteiger partial charge in [-0.05, 0) is 30.9 Å². The van der Waals surface area contributed by atoms with Crippen LogP contribution in [0.1, 0.15) is 12.0 Å². The molecule has 3 N–H and O–H groups in total. The van der Waals surface area contributed by atoms with Gasteiger partial charge in [-0.3, -0.25) is 4.79 Å². The number of amides is 1. The van der Waals surface area contributed by atoms with Crippen molar-refractivity contribution in [1.29, 1.82) is 0 Å². The van der Waals surface area contributed by atoms with Gasteiger partial charge in [0.15, 0.2) is 0 Å². The van der Waals surface area contributed by atoms with Crippen LogP contribution < -0.4 is 11.1 Å². The average molecular weight is 334 g/mol. The lowest BCUT2D eigenvalue weighted by atomic mass is 10.1. The minimum atomic E-state index is -0.0530. The number of carbonyl (C=O) groups is 1. The molecule has 6 heteroatoms. The Balaban J connectivity index is 0.00000200. The van der Waals surface area contributed by atoms with E-state index in [4.69, 9.17) is 5.73 Å². The topological polar surface area (TPSA) is 58.4 Å². The van der Waals surface area contributed by atoms with Crippen molar-refractivity contribution in [3.63, 3.8) is 0 Å². The van der Waals surface area contributed by atoms with Crippen molar-refractivity contribution in [3.8, 4) is 0 Å². The molecule has 0 saturated carbocycles. The highest BCUT2D eigenvalue weighted by Gasteiger charge is 2.22. The van der Waals surface area contributed by atoms with Gasteiger partial charge < -0.3 is 16.0 Å². The van der Waals surface area contributed by atoms with Crippen LogP contribution in [0.5, 0.6) is 0 Å². The molecule has 1 fully saturated rings. The first kappa shape index (κ1) is 20.2. The van der Waals surface area contributed by atoms with Gasteiger partial charge in [0.2, 0.25) is 5.91 Å². The largest absolute Gasteiger partial charge is 0.355 e. The van der Waals surface area contributed by atoms with Crippen LogP contribution in [0, 0.1) is 5.92 Å². The van der Waals surface area contributed by atoms with Gasteiger partial charge >= 0.3 is 0 Å². The van der Waals surface area contributed by atoms with Gasteiger partial charge in [-0.2, -0.15) is 0 Å². The van der Waals surface area contributed by atoms with E-state index in [2.05, 4.69) is 40.5 Å². The fourth-order valence-corrected chi connectivity index (χ4v) is 2.54. The summed E-state index contributed by atoms with van der Waals surface area (Å²) >= 11 is 0. The number of likely N-dealkylation sites (tertiary alicyclic amines) is 1. The van der Waals surface area contributed by atoms with Crippen molar-refractivity contribution in [2.75, 3.05) is 32.7 Å². The second-order valence-corrected chi connectivity index (χ2v) is 5.20. The monoisotopic (exact) mass is 333 g/mol. The highest BCUT2D eigenvalue weighted by atomic mass is 35.5. The number of halogens is 2. The zero-order valence-electron chi connectivity index (χ0n) is 12.2. The Morgan fingerprint density at radius 3 is 2.67 bits per heavy atom. The van der Waals surface area contributed by atoms with Crippen LogP contribution in [-0.2, 0) is 11.2 Å². The number of carbonyl (C=O) groups excluding carboxylic acids is 1. The van der Waals surface area contributed by atoms with Gasteiger partial charge in [0.05, 0.1) is 6.54 Å². The van der Waals surface area contributed by atoms with Crippen molar-refractivity contribution < 1.29 is 4.79 Å². The maximum absolute atomic E-state index is 11.1. The number of nitrogens with zero attached hydrogens (tertiary/aromatic N) is 1. The molecule has 1 aliphatic heterocycles. The maximum Gasteiger partial charge on any atom is 0.233 e. The summed E-state index contributed by atoms with van der Waals surface area (Å²) in [6.45, 7) is 4.17. The lowest BCUT2D eigenvalue weighted by Crippen LogP contribution is -2.35. The normalized spacial score (nSPS) is 17.7. The molecule has 0 radical (unpaired) electrons. The summed E-state index contributed by atoms with van der Waals surface area (Å²) in [5, 5.41) is 2.88. The molecule has 1 aromatic carbocycles. The van der Waals surface area contributed by atoms with Crippen LogP contribution in [0.2, 0.25) is 0 Å². The molecule has 4 nitrogen and oxygen atoms in total. The first-order chi connectivity index (χ1) is 9.28. The van der Waals surface area contributed by atoms with Gasteiger partial charge in [-0.25, -0.2) is 0 Å². The van der Waals surface area contributed by atoms with E-state index in [9.17, 15) is 4.79 Å². The van der Waals surface area contributed by atoms with E-state index in [0.717, 1.165) is 32.6 Å². The lowest BCUT2D eigenvalue weighted by Gasteiger charge is -2.16. The number of benzene rings is 1. The molecular formula is C15H25Cl2N3O. The van der Waals surface area contributed by atoms with Crippen molar-refractivity contribution in [1.82, 2.24) is 10.2 Å². The quantitative estimate of drug-likeness (QED) is 0.828. The van der Waals surface area contributed by atoms with E-state index in [1.54, 1.807) is 0 Å². The summed E-state index contributed by atoms with van der Waals surface area (Å²) in [4.78, 5) is 13.6. The van der Waals surface area contributed by atoms with Crippen molar-refractivity contribution in [2.24, 2.45) is 11.7 Å². The molecule has 0 bridgehead atoms. The average Bonchev–Trinajstić information content (AvgIpc) is 2.91. The Morgan fingerprint density at radius 1 is 1.29 bits per heavy atom.